The minimum Gasteiger partial charge on any atom is -0.480 e. The average Bonchev–Trinajstić information content (AvgIpc) is 3.31. The van der Waals surface area contributed by atoms with Gasteiger partial charge in [0.05, 0.1) is 18.4 Å². The van der Waals surface area contributed by atoms with Crippen molar-refractivity contribution in [2.24, 2.45) is 11.8 Å². The molecule has 2 amide bonds. The Labute approximate surface area is 192 Å². The van der Waals surface area contributed by atoms with Crippen LogP contribution in [0.25, 0.3) is 12.2 Å². The summed E-state index contributed by atoms with van der Waals surface area (Å²) in [5.41, 5.74) is 0.826. The fraction of sp³-hybridized carbons (Fsp3) is 0.346. The first-order valence-electron chi connectivity index (χ1n) is 11.2. The number of rotatable bonds is 8. The van der Waals surface area contributed by atoms with Crippen molar-refractivity contribution in [3.05, 3.63) is 71.3 Å². The Balaban J connectivity index is 1.64. The highest BCUT2D eigenvalue weighted by molar-refractivity contribution is 6.09. The number of unbranched alkanes of at least 4 members (excludes halogenated alkanes) is 1. The zero-order chi connectivity index (χ0) is 23.6. The third kappa shape index (κ3) is 3.98. The number of imide groups is 1. The Bertz CT molecular complexity index is 1070. The standard InChI is InChI=1S/C26H28N2O5/c1-2-3-15-28-23(30)20-21(24(28)31)26(16-29,25(32)33)27-22(20)19-13-11-18(12-14-19)10-9-17-7-5-4-6-8-17/h4-14,20-22,27,29H,2-3,15-16H2,1H3,(H,32,33)/b10-9+. The lowest BCUT2D eigenvalue weighted by Gasteiger charge is -2.29. The van der Waals surface area contributed by atoms with E-state index < -0.39 is 41.9 Å². The van der Waals surface area contributed by atoms with Crippen LogP contribution in [-0.2, 0) is 14.4 Å². The van der Waals surface area contributed by atoms with Crippen LogP contribution in [0.3, 0.4) is 0 Å². The fourth-order valence-electron chi connectivity index (χ4n) is 4.87. The van der Waals surface area contributed by atoms with Gasteiger partial charge in [-0.3, -0.25) is 24.6 Å². The molecule has 4 unspecified atom stereocenters. The van der Waals surface area contributed by atoms with Crippen LogP contribution < -0.4 is 5.32 Å². The van der Waals surface area contributed by atoms with Gasteiger partial charge in [0.15, 0.2) is 5.54 Å². The van der Waals surface area contributed by atoms with Gasteiger partial charge < -0.3 is 10.2 Å². The van der Waals surface area contributed by atoms with Gasteiger partial charge in [-0.05, 0) is 23.1 Å². The van der Waals surface area contributed by atoms with Gasteiger partial charge in [0.2, 0.25) is 11.8 Å². The number of hydrogen-bond donors (Lipinski definition) is 3. The van der Waals surface area contributed by atoms with Crippen molar-refractivity contribution >= 4 is 29.9 Å². The Morgan fingerprint density at radius 2 is 1.67 bits per heavy atom. The molecule has 7 nitrogen and oxygen atoms in total. The molecule has 0 aromatic heterocycles. The number of likely N-dealkylation sites (tertiary alicyclic amines) is 1. The van der Waals surface area contributed by atoms with E-state index in [1.54, 1.807) is 0 Å². The Kier molecular flexibility index (Phi) is 6.44. The van der Waals surface area contributed by atoms with Crippen molar-refractivity contribution in [2.75, 3.05) is 13.2 Å². The largest absolute Gasteiger partial charge is 0.480 e. The second-order valence-electron chi connectivity index (χ2n) is 8.65. The summed E-state index contributed by atoms with van der Waals surface area (Å²) in [6.07, 6.45) is 5.41. The number of benzene rings is 2. The first-order valence-corrected chi connectivity index (χ1v) is 11.2. The molecule has 4 rings (SSSR count). The van der Waals surface area contributed by atoms with Crippen LogP contribution in [0.15, 0.2) is 54.6 Å². The zero-order valence-corrected chi connectivity index (χ0v) is 18.5. The summed E-state index contributed by atoms with van der Waals surface area (Å²) in [7, 11) is 0. The Morgan fingerprint density at radius 3 is 2.24 bits per heavy atom. The van der Waals surface area contributed by atoms with Gasteiger partial charge in [-0.25, -0.2) is 0 Å². The van der Waals surface area contributed by atoms with Crippen molar-refractivity contribution in [1.29, 1.82) is 0 Å². The number of nitrogens with one attached hydrogen (secondary N) is 1. The first kappa shape index (κ1) is 22.9. The first-order chi connectivity index (χ1) is 15.9. The second-order valence-corrected chi connectivity index (χ2v) is 8.65. The molecule has 3 N–H and O–H groups in total. The molecule has 2 heterocycles. The number of aliphatic hydroxyl groups excluding tert-OH is 1. The van der Waals surface area contributed by atoms with Crippen LogP contribution in [0.1, 0.15) is 42.5 Å². The smallest absolute Gasteiger partial charge is 0.327 e. The molecule has 0 spiro atoms. The molecular weight excluding hydrogens is 420 g/mol. The van der Waals surface area contributed by atoms with Gasteiger partial charge in [-0.1, -0.05) is 80.1 Å². The van der Waals surface area contributed by atoms with E-state index in [2.05, 4.69) is 5.32 Å². The predicted octanol–water partition coefficient (Wildman–Crippen LogP) is 2.72. The van der Waals surface area contributed by atoms with Crippen molar-refractivity contribution < 1.29 is 24.6 Å². The molecule has 2 saturated heterocycles. The summed E-state index contributed by atoms with van der Waals surface area (Å²) < 4.78 is 0. The number of carboxylic acid groups (broad SMARTS) is 1. The molecule has 0 bridgehead atoms. The highest BCUT2D eigenvalue weighted by Crippen LogP contribution is 2.48. The normalized spacial score (nSPS) is 26.8. The molecule has 0 saturated carbocycles. The maximum absolute atomic E-state index is 13.2. The van der Waals surface area contributed by atoms with E-state index in [9.17, 15) is 24.6 Å². The number of hydrogen-bond acceptors (Lipinski definition) is 5. The summed E-state index contributed by atoms with van der Waals surface area (Å²) >= 11 is 0. The summed E-state index contributed by atoms with van der Waals surface area (Å²) in [4.78, 5) is 39.7. The third-order valence-electron chi connectivity index (χ3n) is 6.68. The van der Waals surface area contributed by atoms with Crippen LogP contribution in [0.4, 0.5) is 0 Å². The van der Waals surface area contributed by atoms with Gasteiger partial charge in [-0.15, -0.1) is 0 Å². The van der Waals surface area contributed by atoms with Crippen LogP contribution >= 0.6 is 0 Å². The molecule has 2 fully saturated rings. The topological polar surface area (TPSA) is 107 Å². The van der Waals surface area contributed by atoms with Crippen molar-refractivity contribution in [1.82, 2.24) is 10.2 Å². The zero-order valence-electron chi connectivity index (χ0n) is 18.5. The van der Waals surface area contributed by atoms with Crippen molar-refractivity contribution in [3.8, 4) is 0 Å². The maximum Gasteiger partial charge on any atom is 0.327 e. The molecule has 0 aliphatic carbocycles. The summed E-state index contributed by atoms with van der Waals surface area (Å²) in [6, 6.07) is 16.6. The number of aliphatic carboxylic acids is 1. The molecule has 7 heteroatoms. The number of carbonyl (C=O) groups excluding carboxylic acids is 2. The lowest BCUT2D eigenvalue weighted by molar-refractivity contribution is -0.153. The van der Waals surface area contributed by atoms with E-state index in [0.29, 0.717) is 12.0 Å². The molecule has 2 aliphatic rings. The van der Waals surface area contributed by atoms with Gasteiger partial charge in [-0.2, -0.15) is 0 Å². The van der Waals surface area contributed by atoms with Gasteiger partial charge in [0, 0.05) is 12.6 Å². The number of carboxylic acids is 1. The molecule has 33 heavy (non-hydrogen) atoms. The number of fused-ring (bicyclic) bond motifs is 1. The van der Waals surface area contributed by atoms with Crippen LogP contribution in [0.5, 0.6) is 0 Å². The molecule has 2 aromatic rings. The fourth-order valence-corrected chi connectivity index (χ4v) is 4.87. The molecule has 4 atom stereocenters. The van der Waals surface area contributed by atoms with Crippen LogP contribution in [0.2, 0.25) is 0 Å². The minimum absolute atomic E-state index is 0.262. The van der Waals surface area contributed by atoms with E-state index in [0.717, 1.165) is 17.5 Å². The lowest BCUT2D eigenvalue weighted by atomic mass is 9.79. The molecule has 2 aliphatic heterocycles. The number of carbonyl (C=O) groups is 3. The maximum atomic E-state index is 13.2. The van der Waals surface area contributed by atoms with E-state index >= 15 is 0 Å². The summed E-state index contributed by atoms with van der Waals surface area (Å²) in [5.74, 6) is -4.24. The predicted molar refractivity (Wildman–Crippen MR) is 124 cm³/mol. The van der Waals surface area contributed by atoms with E-state index in [-0.39, 0.29) is 12.5 Å². The van der Waals surface area contributed by atoms with E-state index in [4.69, 9.17) is 0 Å². The van der Waals surface area contributed by atoms with Gasteiger partial charge in [0.25, 0.3) is 0 Å². The summed E-state index contributed by atoms with van der Waals surface area (Å²) in [5, 5.41) is 23.0. The van der Waals surface area contributed by atoms with E-state index in [1.807, 2.05) is 73.7 Å². The molecule has 0 radical (unpaired) electrons. The number of nitrogens with zero attached hydrogens (tertiary/aromatic N) is 1. The number of amides is 2. The van der Waals surface area contributed by atoms with Gasteiger partial charge >= 0.3 is 5.97 Å². The van der Waals surface area contributed by atoms with Crippen molar-refractivity contribution in [3.63, 3.8) is 0 Å². The van der Waals surface area contributed by atoms with E-state index in [1.165, 1.54) is 4.90 Å². The van der Waals surface area contributed by atoms with Crippen LogP contribution in [-0.4, -0.2) is 51.6 Å². The monoisotopic (exact) mass is 448 g/mol. The van der Waals surface area contributed by atoms with Crippen molar-refractivity contribution in [2.45, 2.75) is 31.3 Å². The Hall–Kier alpha value is -3.29. The second kappa shape index (κ2) is 9.29. The molecule has 2 aromatic carbocycles. The van der Waals surface area contributed by atoms with Crippen LogP contribution in [0, 0.1) is 11.8 Å². The highest BCUT2D eigenvalue weighted by Gasteiger charge is 2.68. The third-order valence-corrected chi connectivity index (χ3v) is 6.68. The summed E-state index contributed by atoms with van der Waals surface area (Å²) in [6.45, 7) is 1.44. The molecular formula is C26H28N2O5. The molecule has 172 valence electrons. The minimum atomic E-state index is -1.89. The Morgan fingerprint density at radius 1 is 1.03 bits per heavy atom. The van der Waals surface area contributed by atoms with Gasteiger partial charge in [0.1, 0.15) is 0 Å². The lowest BCUT2D eigenvalue weighted by Crippen LogP contribution is -2.58. The highest BCUT2D eigenvalue weighted by atomic mass is 16.4. The quantitative estimate of drug-likeness (QED) is 0.424. The number of aliphatic hydroxyl groups is 1. The SMILES string of the molecule is CCCCN1C(=O)C2C(c3ccc(/C=C/c4ccccc4)cc3)NC(CO)(C(=O)O)C2C1=O. The average molecular weight is 449 g/mol.